The lowest BCUT2D eigenvalue weighted by Crippen LogP contribution is -2.67. The average Bonchev–Trinajstić information content (AvgIpc) is 2.95. The largest absolute Gasteiger partial charge is 0.394 e. The predicted octanol–water partition coefficient (Wildman–Crippen LogP) is -6.29. The fourth-order valence-electron chi connectivity index (χ4n) is 4.52. The number of aliphatic hydroxyl groups is 10. The molecule has 15 atom stereocenters. The van der Waals surface area contributed by atoms with E-state index >= 15 is 0 Å². The second kappa shape index (κ2) is 15.9. The Labute approximate surface area is 233 Å². The molecule has 3 aliphatic heterocycles. The summed E-state index contributed by atoms with van der Waals surface area (Å²) >= 11 is 5.56. The first-order valence-corrected chi connectivity index (χ1v) is 13.2. The fourth-order valence-corrected chi connectivity index (χ4v) is 4.62. The van der Waals surface area contributed by atoms with Gasteiger partial charge in [-0.2, -0.15) is 0 Å². The number of alkyl halides is 1. The summed E-state index contributed by atoms with van der Waals surface area (Å²) in [6.07, 6.45) is -24.8. The van der Waals surface area contributed by atoms with Crippen LogP contribution in [0.25, 0.3) is 0 Å². The second-order valence-electron chi connectivity index (χ2n) is 9.48. The quantitative estimate of drug-likeness (QED) is 0.0686. The third kappa shape index (κ3) is 7.76. The SMILES string of the molecule is OCC1O[C@@H](OC2[C@@H](OC3[C@@H](OCCOCCCl)OC(CO)[C@@H](O)[C@@H]3O)OC(CO)[C@@H](O)[C@@H]2O)C(O)[C@@H](O)[C@@H]1O. The van der Waals surface area contributed by atoms with Gasteiger partial charge in [-0.25, -0.2) is 0 Å². The van der Waals surface area contributed by atoms with E-state index < -0.39 is 112 Å². The van der Waals surface area contributed by atoms with E-state index in [9.17, 15) is 51.1 Å². The van der Waals surface area contributed by atoms with E-state index in [2.05, 4.69) is 0 Å². The molecule has 0 aromatic carbocycles. The Hall–Kier alpha value is -0.390. The molecule has 0 bridgehead atoms. The van der Waals surface area contributed by atoms with Gasteiger partial charge in [0.15, 0.2) is 18.9 Å². The maximum absolute atomic E-state index is 10.8. The van der Waals surface area contributed by atoms with Gasteiger partial charge in [0.05, 0.1) is 39.6 Å². The molecule has 3 aliphatic rings. The van der Waals surface area contributed by atoms with E-state index in [0.717, 1.165) is 0 Å². The Morgan fingerprint density at radius 2 is 0.950 bits per heavy atom. The minimum absolute atomic E-state index is 0.0575. The molecule has 18 heteroatoms. The summed E-state index contributed by atoms with van der Waals surface area (Å²) in [6.45, 7) is -2.06. The summed E-state index contributed by atoms with van der Waals surface area (Å²) in [6, 6.07) is 0. The van der Waals surface area contributed by atoms with Gasteiger partial charge >= 0.3 is 0 Å². The first-order chi connectivity index (χ1) is 19.1. The van der Waals surface area contributed by atoms with E-state index in [-0.39, 0.29) is 25.7 Å². The molecule has 0 aromatic rings. The normalized spacial score (nSPS) is 46.4. The van der Waals surface area contributed by atoms with Crippen LogP contribution in [0.2, 0.25) is 0 Å². The van der Waals surface area contributed by atoms with Crippen LogP contribution in [0.15, 0.2) is 0 Å². The maximum Gasteiger partial charge on any atom is 0.187 e. The van der Waals surface area contributed by atoms with Crippen molar-refractivity contribution in [3.05, 3.63) is 0 Å². The van der Waals surface area contributed by atoms with Crippen LogP contribution in [0, 0.1) is 0 Å². The van der Waals surface area contributed by atoms with Crippen molar-refractivity contribution in [1.82, 2.24) is 0 Å². The summed E-state index contributed by atoms with van der Waals surface area (Å²) in [5.74, 6) is 0.234. The Bertz CT molecular complexity index is 737. The number of hydrogen-bond donors (Lipinski definition) is 10. The molecule has 0 amide bonds. The molecular formula is C22H39ClO17. The first-order valence-electron chi connectivity index (χ1n) is 12.7. The van der Waals surface area contributed by atoms with Crippen LogP contribution in [0.3, 0.4) is 0 Å². The Balaban J connectivity index is 1.82. The minimum atomic E-state index is -1.89. The molecule has 3 rings (SSSR count). The second-order valence-corrected chi connectivity index (χ2v) is 9.86. The Morgan fingerprint density at radius 3 is 1.48 bits per heavy atom. The molecule has 0 saturated carbocycles. The van der Waals surface area contributed by atoms with Gasteiger partial charge in [-0.15, -0.1) is 11.6 Å². The molecule has 0 radical (unpaired) electrons. The highest BCUT2D eigenvalue weighted by molar-refractivity contribution is 6.17. The van der Waals surface area contributed by atoms with Gasteiger partial charge in [0, 0.05) is 5.88 Å². The van der Waals surface area contributed by atoms with Gasteiger partial charge < -0.3 is 84.2 Å². The molecule has 17 nitrogen and oxygen atoms in total. The van der Waals surface area contributed by atoms with E-state index in [1.54, 1.807) is 0 Å². The van der Waals surface area contributed by atoms with Crippen molar-refractivity contribution < 1.29 is 84.2 Å². The molecule has 40 heavy (non-hydrogen) atoms. The average molecular weight is 611 g/mol. The summed E-state index contributed by atoms with van der Waals surface area (Å²) in [5.41, 5.74) is 0. The van der Waals surface area contributed by atoms with Gasteiger partial charge in [0.2, 0.25) is 0 Å². The standard InChI is InChI=1S/C22H39ClO17/c23-1-2-34-3-4-35-21-18(15(31)12(28)9(6-25)37-21)40-22-19(16(32)13(29)10(7-26)38-22)39-20-17(33)14(30)11(27)8(5-24)36-20/h8-22,24-33H,1-7H2/t8?,9?,10?,11-,12-,13-,14+,15+,16+,17?,18?,19?,20+,21+,22-/m1/s1. The van der Waals surface area contributed by atoms with E-state index in [1.807, 2.05) is 0 Å². The lowest BCUT2D eigenvalue weighted by atomic mass is 9.96. The van der Waals surface area contributed by atoms with Gasteiger partial charge in [0.25, 0.3) is 0 Å². The van der Waals surface area contributed by atoms with Crippen molar-refractivity contribution in [3.63, 3.8) is 0 Å². The van der Waals surface area contributed by atoms with Crippen LogP contribution in [-0.2, 0) is 33.2 Å². The van der Waals surface area contributed by atoms with Crippen molar-refractivity contribution in [2.24, 2.45) is 0 Å². The number of halogens is 1. The van der Waals surface area contributed by atoms with Gasteiger partial charge in [0.1, 0.15) is 73.2 Å². The zero-order valence-electron chi connectivity index (χ0n) is 21.3. The highest BCUT2D eigenvalue weighted by atomic mass is 35.5. The molecule has 0 spiro atoms. The molecule has 3 fully saturated rings. The number of hydrogen-bond acceptors (Lipinski definition) is 17. The predicted molar refractivity (Wildman–Crippen MR) is 127 cm³/mol. The molecule has 0 aromatic heterocycles. The first kappa shape index (κ1) is 34.1. The zero-order valence-corrected chi connectivity index (χ0v) is 22.1. The lowest BCUT2D eigenvalue weighted by molar-refractivity contribution is -0.393. The molecule has 3 saturated heterocycles. The minimum Gasteiger partial charge on any atom is -0.394 e. The van der Waals surface area contributed by atoms with Crippen LogP contribution in [0.5, 0.6) is 0 Å². The fraction of sp³-hybridized carbons (Fsp3) is 1.00. The lowest BCUT2D eigenvalue weighted by Gasteiger charge is -2.48. The van der Waals surface area contributed by atoms with Crippen LogP contribution in [0.4, 0.5) is 0 Å². The van der Waals surface area contributed by atoms with Crippen molar-refractivity contribution in [3.8, 4) is 0 Å². The molecule has 6 unspecified atom stereocenters. The number of rotatable bonds is 13. The molecule has 0 aliphatic carbocycles. The van der Waals surface area contributed by atoms with Gasteiger partial charge in [-0.1, -0.05) is 0 Å². The smallest absolute Gasteiger partial charge is 0.187 e. The van der Waals surface area contributed by atoms with E-state index in [4.69, 9.17) is 44.8 Å². The highest BCUT2D eigenvalue weighted by Crippen LogP contribution is 2.33. The summed E-state index contributed by atoms with van der Waals surface area (Å²) in [5, 5.41) is 102. The number of aliphatic hydroxyl groups excluding tert-OH is 10. The zero-order chi connectivity index (χ0) is 29.6. The maximum atomic E-state index is 10.8. The molecule has 236 valence electrons. The highest BCUT2D eigenvalue weighted by Gasteiger charge is 2.54. The van der Waals surface area contributed by atoms with Crippen LogP contribution >= 0.6 is 11.6 Å². The molecule has 10 N–H and O–H groups in total. The van der Waals surface area contributed by atoms with Crippen molar-refractivity contribution in [2.75, 3.05) is 45.5 Å². The summed E-state index contributed by atoms with van der Waals surface area (Å²) < 4.78 is 38.6. The summed E-state index contributed by atoms with van der Waals surface area (Å²) in [4.78, 5) is 0. The number of ether oxygens (including phenoxy) is 7. The monoisotopic (exact) mass is 610 g/mol. The van der Waals surface area contributed by atoms with E-state index in [1.165, 1.54) is 0 Å². The summed E-state index contributed by atoms with van der Waals surface area (Å²) in [7, 11) is 0. The van der Waals surface area contributed by atoms with Gasteiger partial charge in [-0.05, 0) is 0 Å². The Morgan fingerprint density at radius 1 is 0.500 bits per heavy atom. The third-order valence-electron chi connectivity index (χ3n) is 6.81. The van der Waals surface area contributed by atoms with Crippen LogP contribution in [0.1, 0.15) is 0 Å². The van der Waals surface area contributed by atoms with E-state index in [0.29, 0.717) is 0 Å². The Kier molecular flexibility index (Phi) is 13.6. The molecule has 3 heterocycles. The van der Waals surface area contributed by atoms with Crippen LogP contribution in [-0.4, -0.2) is 189 Å². The molecular weight excluding hydrogens is 572 g/mol. The topological polar surface area (TPSA) is 267 Å². The van der Waals surface area contributed by atoms with Crippen LogP contribution < -0.4 is 0 Å². The third-order valence-corrected chi connectivity index (χ3v) is 6.97. The van der Waals surface area contributed by atoms with Gasteiger partial charge in [-0.3, -0.25) is 0 Å². The van der Waals surface area contributed by atoms with Crippen molar-refractivity contribution in [1.29, 1.82) is 0 Å². The van der Waals surface area contributed by atoms with Crippen molar-refractivity contribution >= 4 is 11.6 Å². The van der Waals surface area contributed by atoms with Crippen molar-refractivity contribution in [2.45, 2.75) is 92.1 Å².